The molecule has 0 fully saturated rings. The van der Waals surface area contributed by atoms with Gasteiger partial charge in [-0.1, -0.05) is 38.1 Å². The van der Waals surface area contributed by atoms with Gasteiger partial charge in [-0.15, -0.1) is 0 Å². The molecule has 4 heteroatoms. The van der Waals surface area contributed by atoms with Gasteiger partial charge in [-0.3, -0.25) is 9.59 Å². The van der Waals surface area contributed by atoms with E-state index in [2.05, 4.69) is 32.0 Å². The summed E-state index contributed by atoms with van der Waals surface area (Å²) in [6.07, 6.45) is 0.666. The third-order valence-corrected chi connectivity index (χ3v) is 4.45. The molecule has 0 spiro atoms. The SMILES string of the molecule is Cc1ccc(C(C)C)c(OCCCN2C(=O)C(=O)c3ccccc32)c1. The molecule has 1 aliphatic rings. The molecule has 1 amide bonds. The molecule has 2 aromatic carbocycles. The summed E-state index contributed by atoms with van der Waals surface area (Å²) in [5.74, 6) is 0.427. The minimum Gasteiger partial charge on any atom is -0.493 e. The summed E-state index contributed by atoms with van der Waals surface area (Å²) in [4.78, 5) is 25.7. The van der Waals surface area contributed by atoms with E-state index in [9.17, 15) is 9.59 Å². The number of carbonyl (C=O) groups excluding carboxylic acids is 2. The molecule has 0 saturated carbocycles. The highest BCUT2D eigenvalue weighted by Crippen LogP contribution is 2.29. The summed E-state index contributed by atoms with van der Waals surface area (Å²) in [6.45, 7) is 7.31. The molecule has 25 heavy (non-hydrogen) atoms. The predicted molar refractivity (Wildman–Crippen MR) is 98.5 cm³/mol. The fourth-order valence-electron chi connectivity index (χ4n) is 3.12. The number of Topliss-reactive ketones (excluding diaryl/α,β-unsaturated/α-hetero) is 1. The fraction of sp³-hybridized carbons (Fsp3) is 0.333. The molecule has 1 heterocycles. The number of aryl methyl sites for hydroxylation is 1. The van der Waals surface area contributed by atoms with Crippen molar-refractivity contribution in [1.29, 1.82) is 0 Å². The van der Waals surface area contributed by atoms with Gasteiger partial charge in [-0.2, -0.15) is 0 Å². The smallest absolute Gasteiger partial charge is 0.299 e. The Bertz CT molecular complexity index is 811. The van der Waals surface area contributed by atoms with Crippen molar-refractivity contribution in [3.63, 3.8) is 0 Å². The summed E-state index contributed by atoms with van der Waals surface area (Å²) in [5.41, 5.74) is 3.54. The number of fused-ring (bicyclic) bond motifs is 1. The molecule has 0 aromatic heterocycles. The summed E-state index contributed by atoms with van der Waals surface area (Å²) >= 11 is 0. The van der Waals surface area contributed by atoms with Crippen LogP contribution in [-0.4, -0.2) is 24.8 Å². The van der Waals surface area contributed by atoms with Crippen LogP contribution in [0.2, 0.25) is 0 Å². The number of rotatable bonds is 6. The van der Waals surface area contributed by atoms with Gasteiger partial charge in [-0.25, -0.2) is 0 Å². The zero-order valence-corrected chi connectivity index (χ0v) is 14.9. The molecule has 1 aliphatic heterocycles. The van der Waals surface area contributed by atoms with Gasteiger partial charge in [0.25, 0.3) is 11.7 Å². The minimum absolute atomic E-state index is 0.389. The molecule has 130 valence electrons. The number of hydrogen-bond donors (Lipinski definition) is 0. The van der Waals surface area contributed by atoms with Crippen molar-refractivity contribution < 1.29 is 14.3 Å². The van der Waals surface area contributed by atoms with E-state index in [0.717, 1.165) is 11.3 Å². The molecule has 0 unspecified atom stereocenters. The van der Waals surface area contributed by atoms with E-state index in [0.29, 0.717) is 36.7 Å². The first-order valence-corrected chi connectivity index (χ1v) is 8.67. The number of carbonyl (C=O) groups is 2. The van der Waals surface area contributed by atoms with Gasteiger partial charge in [0.2, 0.25) is 0 Å². The second kappa shape index (κ2) is 7.09. The Morgan fingerprint density at radius 3 is 2.60 bits per heavy atom. The Morgan fingerprint density at radius 1 is 1.08 bits per heavy atom. The molecule has 0 N–H and O–H groups in total. The van der Waals surface area contributed by atoms with Crippen LogP contribution in [0.25, 0.3) is 0 Å². The first kappa shape index (κ1) is 17.2. The highest BCUT2D eigenvalue weighted by molar-refractivity contribution is 6.52. The average Bonchev–Trinajstić information content (AvgIpc) is 2.83. The van der Waals surface area contributed by atoms with Crippen molar-refractivity contribution in [2.45, 2.75) is 33.1 Å². The second-order valence-corrected chi connectivity index (χ2v) is 6.70. The Balaban J connectivity index is 1.62. The Morgan fingerprint density at radius 2 is 1.84 bits per heavy atom. The fourth-order valence-corrected chi connectivity index (χ4v) is 3.12. The summed E-state index contributed by atoms with van der Waals surface area (Å²) < 4.78 is 5.97. The largest absolute Gasteiger partial charge is 0.493 e. The Labute approximate surface area is 148 Å². The molecule has 0 aliphatic carbocycles. The number of anilines is 1. The monoisotopic (exact) mass is 337 g/mol. The maximum absolute atomic E-state index is 12.2. The highest BCUT2D eigenvalue weighted by Gasteiger charge is 2.34. The van der Waals surface area contributed by atoms with E-state index < -0.39 is 11.7 Å². The number of hydrogen-bond acceptors (Lipinski definition) is 3. The van der Waals surface area contributed by atoms with Crippen LogP contribution in [0.3, 0.4) is 0 Å². The number of ether oxygens (including phenoxy) is 1. The number of nitrogens with zero attached hydrogens (tertiary/aromatic N) is 1. The number of amides is 1. The normalized spacial score (nSPS) is 13.5. The third kappa shape index (κ3) is 3.43. The van der Waals surface area contributed by atoms with Crippen LogP contribution in [-0.2, 0) is 4.79 Å². The van der Waals surface area contributed by atoms with Crippen LogP contribution >= 0.6 is 0 Å². The van der Waals surface area contributed by atoms with Crippen LogP contribution in [0.5, 0.6) is 5.75 Å². The minimum atomic E-state index is -0.445. The molecular formula is C21H23NO3. The lowest BCUT2D eigenvalue weighted by atomic mass is 10.0. The number of benzene rings is 2. The number of ketones is 1. The van der Waals surface area contributed by atoms with Crippen molar-refractivity contribution in [2.24, 2.45) is 0 Å². The van der Waals surface area contributed by atoms with Gasteiger partial charge < -0.3 is 9.64 Å². The van der Waals surface area contributed by atoms with E-state index in [1.54, 1.807) is 17.0 Å². The van der Waals surface area contributed by atoms with Gasteiger partial charge in [0.1, 0.15) is 5.75 Å². The van der Waals surface area contributed by atoms with Crippen molar-refractivity contribution in [3.05, 3.63) is 59.2 Å². The van der Waals surface area contributed by atoms with Gasteiger partial charge >= 0.3 is 0 Å². The maximum Gasteiger partial charge on any atom is 0.299 e. The highest BCUT2D eigenvalue weighted by atomic mass is 16.5. The summed E-state index contributed by atoms with van der Waals surface area (Å²) in [7, 11) is 0. The molecule has 0 bridgehead atoms. The average molecular weight is 337 g/mol. The Kier molecular flexibility index (Phi) is 4.88. The third-order valence-electron chi connectivity index (χ3n) is 4.45. The first-order valence-electron chi connectivity index (χ1n) is 8.67. The molecular weight excluding hydrogens is 314 g/mol. The van der Waals surface area contributed by atoms with Gasteiger partial charge in [0.05, 0.1) is 17.9 Å². The topological polar surface area (TPSA) is 46.6 Å². The van der Waals surface area contributed by atoms with E-state index in [4.69, 9.17) is 4.74 Å². The van der Waals surface area contributed by atoms with E-state index in [-0.39, 0.29) is 0 Å². The predicted octanol–water partition coefficient (Wildman–Crippen LogP) is 4.12. The maximum atomic E-state index is 12.2. The van der Waals surface area contributed by atoms with Gasteiger partial charge in [0, 0.05) is 6.54 Å². The lowest BCUT2D eigenvalue weighted by Crippen LogP contribution is -2.31. The number of para-hydroxylation sites is 1. The molecule has 4 nitrogen and oxygen atoms in total. The van der Waals surface area contributed by atoms with Crippen molar-refractivity contribution in [3.8, 4) is 5.75 Å². The van der Waals surface area contributed by atoms with Gasteiger partial charge in [-0.05, 0) is 48.6 Å². The first-order chi connectivity index (χ1) is 12.0. The molecule has 0 saturated heterocycles. The van der Waals surface area contributed by atoms with Crippen LogP contribution < -0.4 is 9.64 Å². The lowest BCUT2D eigenvalue weighted by molar-refractivity contribution is -0.114. The molecule has 0 radical (unpaired) electrons. The zero-order chi connectivity index (χ0) is 18.0. The molecule has 3 rings (SSSR count). The molecule has 0 atom stereocenters. The standard InChI is InChI=1S/C21H23NO3/c1-14(2)16-10-9-15(3)13-19(16)25-12-6-11-22-18-8-5-4-7-17(18)20(23)21(22)24/h4-5,7-10,13-14H,6,11-12H2,1-3H3. The summed E-state index contributed by atoms with van der Waals surface area (Å²) in [5, 5.41) is 0. The van der Waals surface area contributed by atoms with Gasteiger partial charge in [0.15, 0.2) is 0 Å². The summed E-state index contributed by atoms with van der Waals surface area (Å²) in [6, 6.07) is 13.4. The van der Waals surface area contributed by atoms with E-state index in [1.165, 1.54) is 5.56 Å². The van der Waals surface area contributed by atoms with Crippen LogP contribution in [0.1, 0.15) is 47.7 Å². The van der Waals surface area contributed by atoms with Crippen molar-refractivity contribution in [1.82, 2.24) is 0 Å². The molecule has 2 aromatic rings. The van der Waals surface area contributed by atoms with Crippen LogP contribution in [0, 0.1) is 6.92 Å². The lowest BCUT2D eigenvalue weighted by Gasteiger charge is -2.18. The van der Waals surface area contributed by atoms with E-state index in [1.807, 2.05) is 19.1 Å². The van der Waals surface area contributed by atoms with E-state index >= 15 is 0 Å². The van der Waals surface area contributed by atoms with Crippen molar-refractivity contribution >= 4 is 17.4 Å². The van der Waals surface area contributed by atoms with Crippen LogP contribution in [0.15, 0.2) is 42.5 Å². The van der Waals surface area contributed by atoms with Crippen molar-refractivity contribution in [2.75, 3.05) is 18.1 Å². The Hall–Kier alpha value is -2.62. The second-order valence-electron chi connectivity index (χ2n) is 6.70. The quantitative estimate of drug-likeness (QED) is 0.588. The van der Waals surface area contributed by atoms with Crippen LogP contribution in [0.4, 0.5) is 5.69 Å². The zero-order valence-electron chi connectivity index (χ0n) is 14.9.